The van der Waals surface area contributed by atoms with Gasteiger partial charge in [-0.1, -0.05) is 133 Å². The van der Waals surface area contributed by atoms with Gasteiger partial charge in [-0.2, -0.15) is 0 Å². The molecule has 265 valence electrons. The molecule has 0 amide bonds. The summed E-state index contributed by atoms with van der Waals surface area (Å²) >= 11 is 0. The average Bonchev–Trinajstić information content (AvgIpc) is 3.95. The molecule has 0 unspecified atom stereocenters. The molecule has 1 saturated carbocycles. The molecule has 1 fully saturated rings. The van der Waals surface area contributed by atoms with Gasteiger partial charge in [0.05, 0.1) is 11.0 Å². The normalized spacial score (nSPS) is 13.9. The van der Waals surface area contributed by atoms with E-state index >= 15 is 0 Å². The minimum absolute atomic E-state index is 0. The number of hydrogen-bond donors (Lipinski definition) is 0. The van der Waals surface area contributed by atoms with Gasteiger partial charge in [0.1, 0.15) is 0 Å². The first-order valence-electron chi connectivity index (χ1n) is 19.2. The van der Waals surface area contributed by atoms with Crippen LogP contribution in [0.3, 0.4) is 0 Å². The molecule has 0 saturated heterocycles. The maximum atomic E-state index is 4.47. The van der Waals surface area contributed by atoms with E-state index in [0.717, 1.165) is 16.8 Å². The first-order valence-corrected chi connectivity index (χ1v) is 19.2. The zero-order chi connectivity index (χ0) is 35.6. The second-order valence-corrected chi connectivity index (χ2v) is 15.0. The summed E-state index contributed by atoms with van der Waals surface area (Å²) in [5.74, 6) is 0. The number of nitrogens with zero attached hydrogens (tertiary/aromatic N) is 2. The Hall–Kier alpha value is -5.86. The molecule has 0 bridgehead atoms. The van der Waals surface area contributed by atoms with Gasteiger partial charge in [-0.15, -0.1) is 29.8 Å². The Morgan fingerprint density at radius 2 is 1.00 bits per heavy atom. The van der Waals surface area contributed by atoms with Gasteiger partial charge in [-0.3, -0.25) is 0 Å². The summed E-state index contributed by atoms with van der Waals surface area (Å²) in [6.45, 7) is 0. The van der Waals surface area contributed by atoms with Crippen LogP contribution in [-0.2, 0) is 25.5 Å². The Kier molecular flexibility index (Phi) is 8.25. The van der Waals surface area contributed by atoms with Crippen molar-refractivity contribution in [1.82, 2.24) is 9.55 Å². The monoisotopic (exact) mass is 882 g/mol. The van der Waals surface area contributed by atoms with Crippen LogP contribution in [-0.4, -0.2) is 9.55 Å². The van der Waals surface area contributed by atoms with E-state index in [2.05, 4.69) is 167 Å². The second-order valence-electron chi connectivity index (χ2n) is 15.0. The average molecular weight is 882 g/mol. The zero-order valence-corrected chi connectivity index (χ0v) is 32.7. The van der Waals surface area contributed by atoms with Crippen molar-refractivity contribution in [3.63, 3.8) is 0 Å². The fraction of sp³-hybridized carbons (Fsp3) is 0.0962. The topological polar surface area (TPSA) is 17.8 Å². The van der Waals surface area contributed by atoms with Gasteiger partial charge in [0.25, 0.3) is 0 Å². The number of hydrogen-bond acceptors (Lipinski definition) is 1. The molecule has 0 N–H and O–H groups in total. The third kappa shape index (κ3) is 5.45. The largest absolute Gasteiger partial charge is 0.309 e. The van der Waals surface area contributed by atoms with E-state index < -0.39 is 0 Å². The fourth-order valence-corrected chi connectivity index (χ4v) is 9.52. The van der Waals surface area contributed by atoms with Gasteiger partial charge in [0, 0.05) is 48.2 Å². The summed E-state index contributed by atoms with van der Waals surface area (Å²) < 4.78 is 2.40. The third-order valence-corrected chi connectivity index (χ3v) is 12.2. The van der Waals surface area contributed by atoms with Crippen molar-refractivity contribution in [3.05, 3.63) is 193 Å². The Labute approximate surface area is 335 Å². The van der Waals surface area contributed by atoms with Crippen LogP contribution < -0.4 is 0 Å². The minimum Gasteiger partial charge on any atom is -0.309 e. The van der Waals surface area contributed by atoms with Crippen molar-refractivity contribution < 1.29 is 20.1 Å². The molecule has 0 aliphatic heterocycles. The minimum atomic E-state index is 0. The van der Waals surface area contributed by atoms with E-state index in [4.69, 9.17) is 0 Å². The molecule has 2 heterocycles. The maximum absolute atomic E-state index is 4.47. The van der Waals surface area contributed by atoms with Crippen molar-refractivity contribution in [2.24, 2.45) is 0 Å². The quantitative estimate of drug-likeness (QED) is 0.158. The van der Waals surface area contributed by atoms with Crippen molar-refractivity contribution in [1.29, 1.82) is 0 Å². The van der Waals surface area contributed by atoms with Gasteiger partial charge in [0.15, 0.2) is 0 Å². The van der Waals surface area contributed by atoms with Crippen molar-refractivity contribution in [2.75, 3.05) is 0 Å². The number of pyridine rings is 1. The van der Waals surface area contributed by atoms with Crippen LogP contribution in [0.15, 0.2) is 176 Å². The van der Waals surface area contributed by atoms with E-state index in [1.165, 1.54) is 103 Å². The SMILES string of the molecule is [Ir].[c-]1cc(-c2ccc(-c3ccc4c(c3)C3(CCCC3)c3cc(-c5ccc(-n6c7ccccc7c7ccccc76)cc5)ccc3-4)cc2)ccc1-c1ccccn1. The van der Waals surface area contributed by atoms with Crippen LogP contribution >= 0.6 is 0 Å². The molecule has 0 atom stereocenters. The molecule has 2 aliphatic rings. The molecule has 2 nitrogen and oxygen atoms in total. The molecule has 7 aromatic carbocycles. The van der Waals surface area contributed by atoms with Gasteiger partial charge in [-0.05, 0) is 106 Å². The predicted molar refractivity (Wildman–Crippen MR) is 224 cm³/mol. The molecule has 1 spiro atoms. The number of benzene rings is 7. The molecule has 55 heavy (non-hydrogen) atoms. The van der Waals surface area contributed by atoms with Crippen LogP contribution in [0.4, 0.5) is 0 Å². The van der Waals surface area contributed by atoms with Crippen molar-refractivity contribution in [3.8, 4) is 61.5 Å². The van der Waals surface area contributed by atoms with E-state index in [1.54, 1.807) is 0 Å². The van der Waals surface area contributed by atoms with E-state index in [1.807, 2.05) is 24.4 Å². The van der Waals surface area contributed by atoms with Gasteiger partial charge in [0.2, 0.25) is 0 Å². The standard InChI is InChI=1S/C52H37N2.Ir/c1-3-12-50-45(9-1)46-10-2-4-13-51(46)54(50)42-26-22-38(23-27-42)41-25-29-44-43-28-24-40(33-47(43)52(48(44)34-41)30-6-7-31-52)37-16-14-35(15-17-37)36-18-20-39(21-19-36)49-11-5-8-32-53-49;/h1-5,8-20,22-29,32-34H,6-7,30-31H2;/q-1;. The third-order valence-electron chi connectivity index (χ3n) is 12.2. The molecular formula is C52H37IrN2-. The van der Waals surface area contributed by atoms with E-state index in [9.17, 15) is 0 Å². The van der Waals surface area contributed by atoms with Crippen LogP contribution in [0.25, 0.3) is 83.3 Å². The Bertz CT molecular complexity index is 2790. The summed E-state index contributed by atoms with van der Waals surface area (Å²) in [6.07, 6.45) is 6.78. The summed E-state index contributed by atoms with van der Waals surface area (Å²) in [6, 6.07) is 65.9. The number of fused-ring (bicyclic) bond motifs is 8. The van der Waals surface area contributed by atoms with Gasteiger partial charge >= 0.3 is 0 Å². The molecular weight excluding hydrogens is 845 g/mol. The first kappa shape index (κ1) is 33.7. The van der Waals surface area contributed by atoms with Crippen molar-refractivity contribution in [2.45, 2.75) is 31.1 Å². The van der Waals surface area contributed by atoms with E-state index in [0.29, 0.717) is 0 Å². The fourth-order valence-electron chi connectivity index (χ4n) is 9.52. The number of rotatable bonds is 5. The molecule has 11 rings (SSSR count). The van der Waals surface area contributed by atoms with Crippen molar-refractivity contribution >= 4 is 21.8 Å². The summed E-state index contributed by atoms with van der Waals surface area (Å²) in [5, 5.41) is 2.58. The number of para-hydroxylation sites is 2. The molecule has 9 aromatic rings. The van der Waals surface area contributed by atoms with Crippen LogP contribution in [0.1, 0.15) is 36.8 Å². The van der Waals surface area contributed by atoms with Crippen LogP contribution in [0.5, 0.6) is 0 Å². The summed E-state index contributed by atoms with van der Waals surface area (Å²) in [7, 11) is 0. The van der Waals surface area contributed by atoms with E-state index in [-0.39, 0.29) is 25.5 Å². The molecule has 3 heteroatoms. The predicted octanol–water partition coefficient (Wildman–Crippen LogP) is 13.5. The molecule has 2 aliphatic carbocycles. The number of aromatic nitrogens is 2. The zero-order valence-electron chi connectivity index (χ0n) is 30.3. The molecule has 1 radical (unpaired) electrons. The van der Waals surface area contributed by atoms with Gasteiger partial charge in [-0.25, -0.2) is 0 Å². The van der Waals surface area contributed by atoms with Gasteiger partial charge < -0.3 is 9.55 Å². The summed E-state index contributed by atoms with van der Waals surface area (Å²) in [5.41, 5.74) is 19.0. The summed E-state index contributed by atoms with van der Waals surface area (Å²) in [4.78, 5) is 4.47. The first-order chi connectivity index (χ1) is 26.7. The van der Waals surface area contributed by atoms with Crippen LogP contribution in [0.2, 0.25) is 0 Å². The molecule has 2 aromatic heterocycles. The smallest absolute Gasteiger partial charge is 0.0541 e. The maximum Gasteiger partial charge on any atom is 0.0541 e. The Morgan fingerprint density at radius 3 is 1.55 bits per heavy atom. The van der Waals surface area contributed by atoms with Crippen LogP contribution in [0, 0.1) is 6.07 Å². The Morgan fingerprint density at radius 1 is 0.491 bits per heavy atom. The second kappa shape index (κ2) is 13.5. The Balaban J connectivity index is 0.00000372.